The van der Waals surface area contributed by atoms with Crippen molar-refractivity contribution in [1.82, 2.24) is 0 Å². The van der Waals surface area contributed by atoms with Gasteiger partial charge in [0, 0.05) is 12.8 Å². The normalized spacial score (nSPS) is 12.2. The van der Waals surface area contributed by atoms with Crippen LogP contribution in [-0.4, -0.2) is 23.7 Å². The van der Waals surface area contributed by atoms with Crippen molar-refractivity contribution >= 4 is 27.7 Å². The molecule has 0 aliphatic rings. The Morgan fingerprint density at radius 2 is 2.00 bits per heavy atom. The molecule has 1 unspecified atom stereocenters. The lowest BCUT2D eigenvalue weighted by Crippen LogP contribution is -2.17. The molecule has 14 heavy (non-hydrogen) atoms. The van der Waals surface area contributed by atoms with E-state index in [1.807, 2.05) is 13.8 Å². The van der Waals surface area contributed by atoms with E-state index in [9.17, 15) is 9.59 Å². The van der Waals surface area contributed by atoms with Crippen LogP contribution in [0.3, 0.4) is 0 Å². The average molecular weight is 265 g/mol. The van der Waals surface area contributed by atoms with Gasteiger partial charge in [0.05, 0.1) is 6.61 Å². The van der Waals surface area contributed by atoms with Gasteiger partial charge in [0.15, 0.2) is 0 Å². The van der Waals surface area contributed by atoms with Gasteiger partial charge in [-0.15, -0.1) is 0 Å². The van der Waals surface area contributed by atoms with Crippen LogP contribution in [-0.2, 0) is 14.3 Å². The molecule has 0 spiro atoms. The minimum atomic E-state index is -0.271. The number of hydrogen-bond acceptors (Lipinski definition) is 3. The number of esters is 1. The molecule has 0 amide bonds. The first kappa shape index (κ1) is 13.6. The van der Waals surface area contributed by atoms with Crippen molar-refractivity contribution in [1.29, 1.82) is 0 Å². The standard InChI is InChI=1S/C10H17BrO3/c1-3-8(5-9(12)4-2)7-14-10(13)6-11/h8H,3-7H2,1-2H3. The van der Waals surface area contributed by atoms with Crippen molar-refractivity contribution in [3.8, 4) is 0 Å². The fraction of sp³-hybridized carbons (Fsp3) is 0.800. The Morgan fingerprint density at radius 1 is 1.36 bits per heavy atom. The van der Waals surface area contributed by atoms with Crippen molar-refractivity contribution in [2.45, 2.75) is 33.1 Å². The molecule has 0 aliphatic heterocycles. The number of hydrogen-bond donors (Lipinski definition) is 0. The summed E-state index contributed by atoms with van der Waals surface area (Å²) in [7, 11) is 0. The second-order valence-corrected chi connectivity index (χ2v) is 3.75. The molecule has 0 aromatic rings. The van der Waals surface area contributed by atoms with Crippen LogP contribution in [0.25, 0.3) is 0 Å². The monoisotopic (exact) mass is 264 g/mol. The zero-order chi connectivity index (χ0) is 11.0. The zero-order valence-electron chi connectivity index (χ0n) is 8.72. The molecule has 0 rings (SSSR count). The Hall–Kier alpha value is -0.380. The molecule has 0 heterocycles. The van der Waals surface area contributed by atoms with Gasteiger partial charge in [0.25, 0.3) is 0 Å². The van der Waals surface area contributed by atoms with Crippen molar-refractivity contribution in [2.75, 3.05) is 11.9 Å². The number of Topliss-reactive ketones (excluding diaryl/α,β-unsaturated/α-hetero) is 1. The Labute approximate surface area is 93.3 Å². The number of carbonyl (C=O) groups is 2. The van der Waals surface area contributed by atoms with Crippen LogP contribution in [0.4, 0.5) is 0 Å². The van der Waals surface area contributed by atoms with Crippen LogP contribution >= 0.6 is 15.9 Å². The average Bonchev–Trinajstić information content (AvgIpc) is 2.22. The Bertz CT molecular complexity index is 192. The molecule has 0 saturated heterocycles. The molecule has 1 atom stereocenters. The third kappa shape index (κ3) is 6.13. The molecule has 0 aromatic heterocycles. The largest absolute Gasteiger partial charge is 0.465 e. The third-order valence-corrected chi connectivity index (χ3v) is 2.54. The first-order chi connectivity index (χ1) is 6.63. The molecule has 0 N–H and O–H groups in total. The molecule has 0 aliphatic carbocycles. The molecule has 4 heteroatoms. The summed E-state index contributed by atoms with van der Waals surface area (Å²) >= 11 is 3.01. The lowest BCUT2D eigenvalue weighted by atomic mass is 10.00. The van der Waals surface area contributed by atoms with Crippen molar-refractivity contribution in [2.24, 2.45) is 5.92 Å². The summed E-state index contributed by atoms with van der Waals surface area (Å²) < 4.78 is 4.95. The summed E-state index contributed by atoms with van der Waals surface area (Å²) in [4.78, 5) is 22.0. The van der Waals surface area contributed by atoms with Crippen LogP contribution in [0.5, 0.6) is 0 Å². The molecular formula is C10H17BrO3. The van der Waals surface area contributed by atoms with Gasteiger partial charge in [-0.25, -0.2) is 0 Å². The number of carbonyl (C=O) groups excluding carboxylic acids is 2. The van der Waals surface area contributed by atoms with E-state index in [2.05, 4.69) is 15.9 Å². The summed E-state index contributed by atoms with van der Waals surface area (Å²) in [6.45, 7) is 4.20. The smallest absolute Gasteiger partial charge is 0.316 e. The van der Waals surface area contributed by atoms with Crippen LogP contribution in [0.1, 0.15) is 33.1 Å². The topological polar surface area (TPSA) is 43.4 Å². The van der Waals surface area contributed by atoms with Crippen molar-refractivity contribution in [3.63, 3.8) is 0 Å². The van der Waals surface area contributed by atoms with E-state index in [-0.39, 0.29) is 23.0 Å². The van der Waals surface area contributed by atoms with Gasteiger partial charge in [-0.1, -0.05) is 29.8 Å². The van der Waals surface area contributed by atoms with E-state index in [0.717, 1.165) is 6.42 Å². The number of alkyl halides is 1. The molecular weight excluding hydrogens is 248 g/mol. The zero-order valence-corrected chi connectivity index (χ0v) is 10.3. The molecule has 3 nitrogen and oxygen atoms in total. The van der Waals surface area contributed by atoms with Crippen LogP contribution in [0, 0.1) is 5.92 Å². The van der Waals surface area contributed by atoms with Gasteiger partial charge >= 0.3 is 5.97 Å². The number of ether oxygens (including phenoxy) is 1. The van der Waals surface area contributed by atoms with Gasteiger partial charge in [0.2, 0.25) is 0 Å². The van der Waals surface area contributed by atoms with Gasteiger partial charge in [0.1, 0.15) is 11.1 Å². The highest BCUT2D eigenvalue weighted by Crippen LogP contribution is 2.10. The molecule has 82 valence electrons. The van der Waals surface area contributed by atoms with Gasteiger partial charge in [-0.2, -0.15) is 0 Å². The van der Waals surface area contributed by atoms with Gasteiger partial charge < -0.3 is 4.74 Å². The molecule has 0 saturated carbocycles. The Balaban J connectivity index is 3.79. The predicted octanol–water partition coefficient (Wildman–Crippen LogP) is 2.32. The van der Waals surface area contributed by atoms with E-state index < -0.39 is 0 Å². The number of rotatable bonds is 7. The van der Waals surface area contributed by atoms with Crippen LogP contribution < -0.4 is 0 Å². The van der Waals surface area contributed by atoms with E-state index in [4.69, 9.17) is 4.74 Å². The van der Waals surface area contributed by atoms with Crippen molar-refractivity contribution < 1.29 is 14.3 Å². The summed E-state index contributed by atoms with van der Waals surface area (Å²) in [5, 5.41) is 0.213. The predicted molar refractivity (Wildman–Crippen MR) is 58.4 cm³/mol. The second kappa shape index (κ2) is 7.97. The van der Waals surface area contributed by atoms with E-state index in [1.54, 1.807) is 0 Å². The van der Waals surface area contributed by atoms with E-state index in [1.165, 1.54) is 0 Å². The van der Waals surface area contributed by atoms with Gasteiger partial charge in [-0.05, 0) is 12.3 Å². The highest BCUT2D eigenvalue weighted by molar-refractivity contribution is 9.09. The molecule has 0 fully saturated rings. The number of halogens is 1. The summed E-state index contributed by atoms with van der Waals surface area (Å²) in [6.07, 6.45) is 1.94. The molecule has 0 bridgehead atoms. The summed E-state index contributed by atoms with van der Waals surface area (Å²) in [6, 6.07) is 0. The SMILES string of the molecule is CCC(=O)CC(CC)COC(=O)CBr. The highest BCUT2D eigenvalue weighted by atomic mass is 79.9. The fourth-order valence-corrected chi connectivity index (χ4v) is 1.20. The van der Waals surface area contributed by atoms with Crippen LogP contribution in [0.15, 0.2) is 0 Å². The Kier molecular flexibility index (Phi) is 7.76. The fourth-order valence-electron chi connectivity index (χ4n) is 1.04. The number of ketones is 1. The second-order valence-electron chi connectivity index (χ2n) is 3.19. The van der Waals surface area contributed by atoms with E-state index in [0.29, 0.717) is 19.4 Å². The highest BCUT2D eigenvalue weighted by Gasteiger charge is 2.12. The molecule has 0 aromatic carbocycles. The molecule has 0 radical (unpaired) electrons. The first-order valence-corrected chi connectivity index (χ1v) is 5.99. The quantitative estimate of drug-likeness (QED) is 0.524. The maximum Gasteiger partial charge on any atom is 0.316 e. The lowest BCUT2D eigenvalue weighted by molar-refractivity contribution is -0.142. The lowest BCUT2D eigenvalue weighted by Gasteiger charge is -2.13. The Morgan fingerprint density at radius 3 is 2.43 bits per heavy atom. The minimum Gasteiger partial charge on any atom is -0.465 e. The van der Waals surface area contributed by atoms with Gasteiger partial charge in [-0.3, -0.25) is 9.59 Å². The van der Waals surface area contributed by atoms with E-state index >= 15 is 0 Å². The summed E-state index contributed by atoms with van der Waals surface area (Å²) in [5.41, 5.74) is 0. The first-order valence-electron chi connectivity index (χ1n) is 4.87. The minimum absolute atomic E-state index is 0.172. The maximum absolute atomic E-state index is 11.1. The van der Waals surface area contributed by atoms with Crippen LogP contribution in [0.2, 0.25) is 0 Å². The van der Waals surface area contributed by atoms with Crippen molar-refractivity contribution in [3.05, 3.63) is 0 Å². The summed E-state index contributed by atoms with van der Waals surface area (Å²) in [5.74, 6) is 0.129. The maximum atomic E-state index is 11.1. The third-order valence-electron chi connectivity index (χ3n) is 2.08.